The maximum atomic E-state index is 12.4. The van der Waals surface area contributed by atoms with Crippen molar-refractivity contribution in [3.05, 3.63) is 29.3 Å². The Bertz CT molecular complexity index is 617. The van der Waals surface area contributed by atoms with E-state index in [1.165, 1.54) is 5.69 Å². The molecule has 4 nitrogen and oxygen atoms in total. The summed E-state index contributed by atoms with van der Waals surface area (Å²) >= 11 is 5.95. The number of piperidine rings is 1. The highest BCUT2D eigenvalue weighted by atomic mass is 35.5. The van der Waals surface area contributed by atoms with E-state index in [4.69, 9.17) is 18.0 Å². The summed E-state index contributed by atoms with van der Waals surface area (Å²) in [7, 11) is 0. The molecular formula is C20H26ClN3O. The average molecular weight is 360 g/mol. The van der Waals surface area contributed by atoms with E-state index < -0.39 is 0 Å². The average Bonchev–Trinajstić information content (AvgIpc) is 3.10. The summed E-state index contributed by atoms with van der Waals surface area (Å²) in [6, 6.07) is 7.98. The Balaban J connectivity index is 1.40. The summed E-state index contributed by atoms with van der Waals surface area (Å²) in [6.45, 7) is 5.34. The van der Waals surface area contributed by atoms with Gasteiger partial charge in [-0.15, -0.1) is 6.42 Å². The Kier molecular flexibility index (Phi) is 6.23. The fraction of sp³-hybridized carbons (Fsp3) is 0.550. The largest absolute Gasteiger partial charge is 0.371 e. The fourth-order valence-corrected chi connectivity index (χ4v) is 3.88. The molecule has 1 N–H and O–H groups in total. The van der Waals surface area contributed by atoms with Crippen LogP contribution in [0.3, 0.4) is 0 Å². The van der Waals surface area contributed by atoms with Crippen molar-refractivity contribution in [1.29, 1.82) is 0 Å². The molecule has 0 aromatic heterocycles. The van der Waals surface area contributed by atoms with Gasteiger partial charge >= 0.3 is 0 Å². The third-order valence-electron chi connectivity index (χ3n) is 5.32. The van der Waals surface area contributed by atoms with Gasteiger partial charge in [-0.2, -0.15) is 0 Å². The van der Waals surface area contributed by atoms with E-state index in [0.29, 0.717) is 12.5 Å². The molecule has 2 fully saturated rings. The summed E-state index contributed by atoms with van der Waals surface area (Å²) in [5.74, 6) is 3.55. The van der Waals surface area contributed by atoms with Crippen molar-refractivity contribution in [3.8, 4) is 12.3 Å². The molecular weight excluding hydrogens is 334 g/mol. The number of rotatable bonds is 5. The first-order chi connectivity index (χ1) is 12.2. The van der Waals surface area contributed by atoms with Crippen molar-refractivity contribution in [3.63, 3.8) is 0 Å². The van der Waals surface area contributed by atoms with Crippen molar-refractivity contribution >= 4 is 23.2 Å². The van der Waals surface area contributed by atoms with Gasteiger partial charge in [0.05, 0.1) is 6.54 Å². The minimum atomic E-state index is 0.141. The van der Waals surface area contributed by atoms with Crippen LogP contribution in [0.1, 0.15) is 19.3 Å². The van der Waals surface area contributed by atoms with Crippen LogP contribution in [0, 0.1) is 24.2 Å². The molecule has 2 aliphatic rings. The summed E-state index contributed by atoms with van der Waals surface area (Å²) in [5, 5.41) is 3.94. The van der Waals surface area contributed by atoms with Crippen LogP contribution in [0.5, 0.6) is 0 Å². The van der Waals surface area contributed by atoms with Crippen LogP contribution in [0.4, 0.5) is 5.69 Å². The Hall–Kier alpha value is -1.70. The van der Waals surface area contributed by atoms with Gasteiger partial charge in [0.1, 0.15) is 0 Å². The molecule has 1 unspecified atom stereocenters. The van der Waals surface area contributed by atoms with Crippen LogP contribution in [-0.4, -0.2) is 50.1 Å². The molecule has 1 amide bonds. The molecule has 134 valence electrons. The highest BCUT2D eigenvalue weighted by Gasteiger charge is 2.27. The Morgan fingerprint density at radius 3 is 2.60 bits per heavy atom. The third kappa shape index (κ3) is 4.90. The second kappa shape index (κ2) is 8.60. The van der Waals surface area contributed by atoms with Crippen LogP contribution in [0.15, 0.2) is 24.3 Å². The molecule has 2 aliphatic heterocycles. The lowest BCUT2D eigenvalue weighted by molar-refractivity contribution is -0.126. The van der Waals surface area contributed by atoms with Gasteiger partial charge in [0.15, 0.2) is 0 Å². The molecule has 1 atom stereocenters. The van der Waals surface area contributed by atoms with E-state index in [-0.39, 0.29) is 11.8 Å². The first-order valence-corrected chi connectivity index (χ1v) is 9.47. The minimum Gasteiger partial charge on any atom is -0.371 e. The van der Waals surface area contributed by atoms with Gasteiger partial charge in [0.2, 0.25) is 5.91 Å². The van der Waals surface area contributed by atoms with Gasteiger partial charge in [0, 0.05) is 36.3 Å². The first-order valence-electron chi connectivity index (χ1n) is 9.09. The van der Waals surface area contributed by atoms with Crippen LogP contribution in [0.2, 0.25) is 5.02 Å². The van der Waals surface area contributed by atoms with E-state index in [1.54, 1.807) is 0 Å². The van der Waals surface area contributed by atoms with Crippen LogP contribution in [0.25, 0.3) is 0 Å². The normalized spacial score (nSPS) is 21.9. The summed E-state index contributed by atoms with van der Waals surface area (Å²) in [6.07, 6.45) is 8.29. The predicted octanol–water partition coefficient (Wildman–Crippen LogP) is 2.63. The number of terminal acetylenes is 1. The number of anilines is 1. The lowest BCUT2D eigenvalue weighted by Crippen LogP contribution is -2.42. The zero-order valence-electron chi connectivity index (χ0n) is 14.6. The number of carbonyl (C=O) groups excluding carboxylic acids is 1. The zero-order chi connectivity index (χ0) is 17.6. The quantitative estimate of drug-likeness (QED) is 0.821. The molecule has 3 rings (SSSR count). The second-order valence-corrected chi connectivity index (χ2v) is 7.51. The molecule has 25 heavy (non-hydrogen) atoms. The van der Waals surface area contributed by atoms with Gasteiger partial charge < -0.3 is 10.2 Å². The second-order valence-electron chi connectivity index (χ2n) is 7.08. The van der Waals surface area contributed by atoms with Crippen LogP contribution < -0.4 is 10.2 Å². The third-order valence-corrected chi connectivity index (χ3v) is 5.57. The first kappa shape index (κ1) is 18.1. The maximum absolute atomic E-state index is 12.4. The van der Waals surface area contributed by atoms with Gasteiger partial charge in [-0.25, -0.2) is 0 Å². The molecule has 0 radical (unpaired) electrons. The van der Waals surface area contributed by atoms with E-state index in [2.05, 4.69) is 33.2 Å². The Morgan fingerprint density at radius 1 is 1.20 bits per heavy atom. The minimum absolute atomic E-state index is 0.141. The monoisotopic (exact) mass is 359 g/mol. The number of hydrogen-bond donors (Lipinski definition) is 1. The number of carbonyl (C=O) groups is 1. The Morgan fingerprint density at radius 2 is 1.92 bits per heavy atom. The van der Waals surface area contributed by atoms with Gasteiger partial charge in [0.25, 0.3) is 0 Å². The van der Waals surface area contributed by atoms with Crippen LogP contribution >= 0.6 is 11.6 Å². The maximum Gasteiger partial charge on any atom is 0.223 e. The summed E-state index contributed by atoms with van der Waals surface area (Å²) < 4.78 is 0. The highest BCUT2D eigenvalue weighted by molar-refractivity contribution is 6.30. The smallest absolute Gasteiger partial charge is 0.223 e. The highest BCUT2D eigenvalue weighted by Crippen LogP contribution is 2.25. The SMILES string of the molecule is C#CCN1CCC(C(=O)NCC2CCN(c3ccc(Cl)cc3)C2)CC1. The Labute approximate surface area is 155 Å². The fourth-order valence-electron chi connectivity index (χ4n) is 3.76. The standard InChI is InChI=1S/C20H26ClN3O/c1-2-10-23-11-8-17(9-12-23)20(25)22-14-16-7-13-24(15-16)19-5-3-18(21)4-6-19/h1,3-6,16-17H,7-15H2,(H,22,25). The topological polar surface area (TPSA) is 35.6 Å². The number of amides is 1. The molecule has 1 aromatic rings. The molecule has 2 heterocycles. The molecule has 0 spiro atoms. The van der Waals surface area contributed by atoms with Crippen molar-refractivity contribution in [1.82, 2.24) is 10.2 Å². The van der Waals surface area contributed by atoms with E-state index in [1.807, 2.05) is 12.1 Å². The number of likely N-dealkylation sites (tertiary alicyclic amines) is 1. The van der Waals surface area contributed by atoms with E-state index in [9.17, 15) is 4.79 Å². The van der Waals surface area contributed by atoms with E-state index >= 15 is 0 Å². The number of hydrogen-bond acceptors (Lipinski definition) is 3. The molecule has 1 aromatic carbocycles. The molecule has 0 saturated carbocycles. The lowest BCUT2D eigenvalue weighted by atomic mass is 9.95. The molecule has 5 heteroatoms. The molecule has 0 aliphatic carbocycles. The van der Waals surface area contributed by atoms with Crippen molar-refractivity contribution in [2.75, 3.05) is 44.2 Å². The van der Waals surface area contributed by atoms with Crippen LogP contribution in [-0.2, 0) is 4.79 Å². The zero-order valence-corrected chi connectivity index (χ0v) is 15.3. The lowest BCUT2D eigenvalue weighted by Gasteiger charge is -2.30. The van der Waals surface area contributed by atoms with Gasteiger partial charge in [-0.05, 0) is 62.5 Å². The van der Waals surface area contributed by atoms with Gasteiger partial charge in [-0.3, -0.25) is 9.69 Å². The van der Waals surface area contributed by atoms with Gasteiger partial charge in [-0.1, -0.05) is 17.5 Å². The van der Waals surface area contributed by atoms with Crippen molar-refractivity contribution < 1.29 is 4.79 Å². The number of halogens is 1. The molecule has 2 saturated heterocycles. The predicted molar refractivity (Wildman–Crippen MR) is 103 cm³/mol. The number of nitrogens with one attached hydrogen (secondary N) is 1. The van der Waals surface area contributed by atoms with E-state index in [0.717, 1.165) is 57.0 Å². The van der Waals surface area contributed by atoms with Crippen molar-refractivity contribution in [2.24, 2.45) is 11.8 Å². The summed E-state index contributed by atoms with van der Waals surface area (Å²) in [4.78, 5) is 17.0. The number of benzene rings is 1. The number of nitrogens with zero attached hydrogens (tertiary/aromatic N) is 2. The summed E-state index contributed by atoms with van der Waals surface area (Å²) in [5.41, 5.74) is 1.21. The van der Waals surface area contributed by atoms with Crippen molar-refractivity contribution in [2.45, 2.75) is 19.3 Å². The molecule has 0 bridgehead atoms.